The minimum absolute atomic E-state index is 0.00320. The minimum Gasteiger partial charge on any atom is -0.444 e. The van der Waals surface area contributed by atoms with Gasteiger partial charge in [-0.25, -0.2) is 15.1 Å². The Kier molecular flexibility index (Phi) is 7.07. The molecule has 3 saturated heterocycles. The first kappa shape index (κ1) is 22.6. The Morgan fingerprint density at radius 1 is 1.17 bits per heavy atom. The number of hydroxylamine groups is 3. The number of likely N-dealkylation sites (tertiary alicyclic amines) is 1. The second-order valence-corrected chi connectivity index (χ2v) is 9.12. The Morgan fingerprint density at radius 2 is 1.93 bits per heavy atom. The van der Waals surface area contributed by atoms with Gasteiger partial charge in [-0.05, 0) is 46.5 Å². The van der Waals surface area contributed by atoms with Gasteiger partial charge >= 0.3 is 12.1 Å². The van der Waals surface area contributed by atoms with Crippen LogP contribution in [-0.2, 0) is 19.2 Å². The van der Waals surface area contributed by atoms with E-state index in [2.05, 4.69) is 12.4 Å². The van der Waals surface area contributed by atoms with E-state index >= 15 is 0 Å². The average molecular weight is 427 g/mol. The van der Waals surface area contributed by atoms with Gasteiger partial charge in [0.15, 0.2) is 0 Å². The first-order valence-corrected chi connectivity index (χ1v) is 10.9. The fourth-order valence-corrected chi connectivity index (χ4v) is 3.90. The molecule has 3 rings (SSSR count). The maximum absolute atomic E-state index is 12.7. The standard InChI is InChI=1S/C20H34N4O6/c1-5-6-11-28-24-14-7-8-16(23(12-14)18(24)26)17(25)21-30-15-9-10-22(13-15)19(27)29-20(2,3)4/h14-16H,5-13H2,1-4H3,(H,21,25)/t14?,15-,16-/m0/s1. The van der Waals surface area contributed by atoms with E-state index in [1.807, 2.05) is 20.8 Å². The van der Waals surface area contributed by atoms with E-state index in [4.69, 9.17) is 14.4 Å². The molecule has 3 aliphatic heterocycles. The quantitative estimate of drug-likeness (QED) is 0.494. The number of urea groups is 1. The molecule has 10 nitrogen and oxygen atoms in total. The number of carbonyl (C=O) groups is 3. The Hall–Kier alpha value is -2.07. The Balaban J connectivity index is 1.45. The molecule has 3 atom stereocenters. The van der Waals surface area contributed by atoms with E-state index in [9.17, 15) is 14.4 Å². The summed E-state index contributed by atoms with van der Waals surface area (Å²) in [5, 5.41) is 1.43. The third-order valence-corrected chi connectivity index (χ3v) is 5.48. The number of ether oxygens (including phenoxy) is 1. The summed E-state index contributed by atoms with van der Waals surface area (Å²) in [5.74, 6) is -0.340. The normalized spacial score (nSPS) is 26.3. The first-order valence-electron chi connectivity index (χ1n) is 10.9. The largest absolute Gasteiger partial charge is 0.444 e. The van der Waals surface area contributed by atoms with Crippen molar-refractivity contribution in [3.05, 3.63) is 0 Å². The molecular formula is C20H34N4O6. The monoisotopic (exact) mass is 426 g/mol. The van der Waals surface area contributed by atoms with E-state index in [1.54, 1.807) is 9.80 Å². The SMILES string of the molecule is CCCCON1C(=O)N2CC1CC[C@H]2C(=O)NO[C@H]1CCN(C(=O)OC(C)(C)C)C1. The van der Waals surface area contributed by atoms with E-state index in [-0.39, 0.29) is 30.2 Å². The van der Waals surface area contributed by atoms with Gasteiger partial charge < -0.3 is 14.5 Å². The second kappa shape index (κ2) is 9.38. The molecule has 1 unspecified atom stereocenters. The van der Waals surface area contributed by atoms with Crippen molar-refractivity contribution in [1.82, 2.24) is 20.3 Å². The molecular weight excluding hydrogens is 392 g/mol. The van der Waals surface area contributed by atoms with E-state index in [1.165, 1.54) is 5.06 Å². The predicted molar refractivity (Wildman–Crippen MR) is 107 cm³/mol. The van der Waals surface area contributed by atoms with Crippen LogP contribution in [-0.4, -0.2) is 82.9 Å². The average Bonchev–Trinajstić information content (AvgIpc) is 3.24. The van der Waals surface area contributed by atoms with Crippen LogP contribution in [0.5, 0.6) is 0 Å². The van der Waals surface area contributed by atoms with Crippen LogP contribution < -0.4 is 5.48 Å². The zero-order valence-corrected chi connectivity index (χ0v) is 18.4. The summed E-state index contributed by atoms with van der Waals surface area (Å²) in [6, 6.07) is -0.834. The van der Waals surface area contributed by atoms with Crippen molar-refractivity contribution in [2.75, 3.05) is 26.2 Å². The van der Waals surface area contributed by atoms with Gasteiger partial charge in [-0.1, -0.05) is 13.3 Å². The van der Waals surface area contributed by atoms with Gasteiger partial charge in [-0.2, -0.15) is 5.06 Å². The van der Waals surface area contributed by atoms with Crippen LogP contribution in [0.15, 0.2) is 0 Å². The van der Waals surface area contributed by atoms with Crippen molar-refractivity contribution in [1.29, 1.82) is 0 Å². The summed E-state index contributed by atoms with van der Waals surface area (Å²) in [7, 11) is 0. The summed E-state index contributed by atoms with van der Waals surface area (Å²) < 4.78 is 5.36. The lowest BCUT2D eigenvalue weighted by Crippen LogP contribution is -2.50. The number of unbranched alkanes of at least 4 members (excludes halogenated alkanes) is 1. The molecule has 3 aliphatic rings. The first-order chi connectivity index (χ1) is 14.2. The summed E-state index contributed by atoms with van der Waals surface area (Å²) in [6.07, 6.45) is 3.07. The molecule has 170 valence electrons. The fraction of sp³-hybridized carbons (Fsp3) is 0.850. The number of nitrogens with one attached hydrogen (secondary N) is 1. The van der Waals surface area contributed by atoms with Crippen molar-refractivity contribution in [2.45, 2.75) is 83.6 Å². The summed E-state index contributed by atoms with van der Waals surface area (Å²) in [6.45, 7) is 9.37. The number of fused-ring (bicyclic) bond motifs is 2. The third-order valence-electron chi connectivity index (χ3n) is 5.48. The van der Waals surface area contributed by atoms with Crippen LogP contribution in [0.3, 0.4) is 0 Å². The number of nitrogens with zero attached hydrogens (tertiary/aromatic N) is 3. The van der Waals surface area contributed by atoms with Crippen molar-refractivity contribution < 1.29 is 28.8 Å². The van der Waals surface area contributed by atoms with Crippen molar-refractivity contribution in [3.63, 3.8) is 0 Å². The molecule has 1 N–H and O–H groups in total. The third kappa shape index (κ3) is 5.34. The lowest BCUT2D eigenvalue weighted by molar-refractivity contribution is -0.143. The van der Waals surface area contributed by atoms with E-state index in [0.29, 0.717) is 45.5 Å². The number of piperidine rings is 1. The highest BCUT2D eigenvalue weighted by molar-refractivity contribution is 5.88. The summed E-state index contributed by atoms with van der Waals surface area (Å²) in [5.41, 5.74) is 1.95. The number of carbonyl (C=O) groups excluding carboxylic acids is 3. The molecule has 0 aromatic heterocycles. The van der Waals surface area contributed by atoms with Crippen LogP contribution in [0, 0.1) is 0 Å². The van der Waals surface area contributed by atoms with E-state index in [0.717, 1.165) is 12.8 Å². The molecule has 30 heavy (non-hydrogen) atoms. The summed E-state index contributed by atoms with van der Waals surface area (Å²) >= 11 is 0. The number of hydrogen-bond donors (Lipinski definition) is 1. The summed E-state index contributed by atoms with van der Waals surface area (Å²) in [4.78, 5) is 51.8. The number of rotatable bonds is 7. The second-order valence-electron chi connectivity index (χ2n) is 9.12. The Labute approximate surface area is 177 Å². The molecule has 4 amide bonds. The number of amides is 4. The highest BCUT2D eigenvalue weighted by Gasteiger charge is 2.48. The molecule has 3 fully saturated rings. The maximum atomic E-state index is 12.7. The molecule has 0 aliphatic carbocycles. The minimum atomic E-state index is -0.572. The van der Waals surface area contributed by atoms with Gasteiger partial charge in [0.2, 0.25) is 0 Å². The van der Waals surface area contributed by atoms with Crippen LogP contribution in [0.2, 0.25) is 0 Å². The van der Waals surface area contributed by atoms with Crippen LogP contribution in [0.1, 0.15) is 59.8 Å². The van der Waals surface area contributed by atoms with Gasteiger partial charge in [0, 0.05) is 13.1 Å². The van der Waals surface area contributed by atoms with Gasteiger partial charge in [0.1, 0.15) is 17.7 Å². The van der Waals surface area contributed by atoms with E-state index < -0.39 is 11.6 Å². The molecule has 0 aromatic carbocycles. The van der Waals surface area contributed by atoms with Crippen molar-refractivity contribution >= 4 is 18.0 Å². The molecule has 3 heterocycles. The lowest BCUT2D eigenvalue weighted by atomic mass is 10.0. The predicted octanol–water partition coefficient (Wildman–Crippen LogP) is 2.04. The topological polar surface area (TPSA) is 101 Å². The van der Waals surface area contributed by atoms with Crippen molar-refractivity contribution in [3.8, 4) is 0 Å². The molecule has 0 saturated carbocycles. The molecule has 2 bridgehead atoms. The lowest BCUT2D eigenvalue weighted by Gasteiger charge is -2.29. The molecule has 0 radical (unpaired) electrons. The van der Waals surface area contributed by atoms with Gasteiger partial charge in [0.25, 0.3) is 5.91 Å². The fourth-order valence-electron chi connectivity index (χ4n) is 3.90. The zero-order valence-electron chi connectivity index (χ0n) is 18.4. The molecule has 10 heteroatoms. The highest BCUT2D eigenvalue weighted by atomic mass is 16.7. The van der Waals surface area contributed by atoms with Crippen LogP contribution in [0.25, 0.3) is 0 Å². The van der Waals surface area contributed by atoms with Crippen molar-refractivity contribution in [2.24, 2.45) is 0 Å². The maximum Gasteiger partial charge on any atom is 0.410 e. The Bertz CT molecular complexity index is 652. The van der Waals surface area contributed by atoms with Gasteiger partial charge in [-0.3, -0.25) is 14.5 Å². The van der Waals surface area contributed by atoms with Crippen LogP contribution in [0.4, 0.5) is 9.59 Å². The van der Waals surface area contributed by atoms with Gasteiger partial charge in [0.05, 0.1) is 19.2 Å². The Morgan fingerprint density at radius 3 is 2.63 bits per heavy atom. The smallest absolute Gasteiger partial charge is 0.410 e. The van der Waals surface area contributed by atoms with Gasteiger partial charge in [-0.15, -0.1) is 0 Å². The molecule has 0 spiro atoms. The van der Waals surface area contributed by atoms with Crippen LogP contribution >= 0.6 is 0 Å². The number of hydrogen-bond acceptors (Lipinski definition) is 6. The molecule has 0 aromatic rings. The highest BCUT2D eigenvalue weighted by Crippen LogP contribution is 2.30. The zero-order chi connectivity index (χ0) is 21.9.